The molecule has 2 rings (SSSR count). The maximum atomic E-state index is 4.29. The Balaban J connectivity index is 0.000000461. The predicted molar refractivity (Wildman–Crippen MR) is 59.6 cm³/mol. The van der Waals surface area contributed by atoms with Crippen molar-refractivity contribution in [1.82, 2.24) is 9.97 Å². The average molecular weight is 194 g/mol. The molecule has 1 aromatic rings. The number of hydrogen-bond donors (Lipinski definition) is 1. The molecule has 0 bridgehead atoms. The van der Waals surface area contributed by atoms with Crippen molar-refractivity contribution in [2.45, 2.75) is 33.9 Å². The van der Waals surface area contributed by atoms with Gasteiger partial charge >= 0.3 is 0 Å². The summed E-state index contributed by atoms with van der Waals surface area (Å²) in [6.07, 6.45) is 2.17. The van der Waals surface area contributed by atoms with Crippen LogP contribution in [-0.4, -0.2) is 23.2 Å². The summed E-state index contributed by atoms with van der Waals surface area (Å²) in [6.45, 7) is 7.99. The van der Waals surface area contributed by atoms with Crippen LogP contribution in [0.3, 0.4) is 0 Å². The zero-order valence-corrected chi connectivity index (χ0v) is 9.50. The van der Waals surface area contributed by atoms with E-state index in [0.717, 1.165) is 17.3 Å². The lowest BCUT2D eigenvalue weighted by Gasteiger charge is -2.16. The number of anilines is 2. The van der Waals surface area contributed by atoms with Crippen molar-refractivity contribution in [3.05, 3.63) is 12.0 Å². The van der Waals surface area contributed by atoms with E-state index in [1.165, 1.54) is 0 Å². The van der Waals surface area contributed by atoms with Crippen LogP contribution in [-0.2, 0) is 0 Å². The minimum Gasteiger partial charge on any atom is -0.350 e. The van der Waals surface area contributed by atoms with E-state index in [9.17, 15) is 0 Å². The number of rotatable bonds is 0. The number of aryl methyl sites for hydroxylation is 1. The van der Waals surface area contributed by atoms with Gasteiger partial charge in [-0.1, -0.05) is 13.8 Å². The molecular weight excluding hydrogens is 176 g/mol. The molecule has 0 aliphatic carbocycles. The fourth-order valence-electron chi connectivity index (χ4n) is 1.33. The van der Waals surface area contributed by atoms with Gasteiger partial charge in [0.1, 0.15) is 5.82 Å². The van der Waals surface area contributed by atoms with Crippen LogP contribution in [0.25, 0.3) is 0 Å². The highest BCUT2D eigenvalue weighted by Crippen LogP contribution is 2.29. The van der Waals surface area contributed by atoms with E-state index in [1.54, 1.807) is 0 Å². The van der Waals surface area contributed by atoms with Crippen LogP contribution in [0, 0.1) is 6.92 Å². The van der Waals surface area contributed by atoms with E-state index in [-0.39, 0.29) is 0 Å². The summed E-state index contributed by atoms with van der Waals surface area (Å²) in [6, 6.07) is 0. The van der Waals surface area contributed by atoms with Gasteiger partial charge in [-0.15, -0.1) is 0 Å². The van der Waals surface area contributed by atoms with Gasteiger partial charge in [-0.25, -0.2) is 9.97 Å². The van der Waals surface area contributed by atoms with Crippen LogP contribution >= 0.6 is 0 Å². The molecule has 0 saturated heterocycles. The smallest absolute Gasteiger partial charge is 0.155 e. The van der Waals surface area contributed by atoms with Gasteiger partial charge in [-0.3, -0.25) is 0 Å². The van der Waals surface area contributed by atoms with Crippen LogP contribution in [0.1, 0.15) is 26.6 Å². The third-order valence-corrected chi connectivity index (χ3v) is 2.20. The van der Waals surface area contributed by atoms with Gasteiger partial charge in [0.25, 0.3) is 0 Å². The van der Waals surface area contributed by atoms with Crippen molar-refractivity contribution < 1.29 is 0 Å². The number of hydrogen-bond acceptors (Lipinski definition) is 4. The summed E-state index contributed by atoms with van der Waals surface area (Å²) in [5, 5.41) is 3.26. The molecular formula is C10H18N4. The summed E-state index contributed by atoms with van der Waals surface area (Å²) in [5.74, 6) is 1.75. The third-order valence-electron chi connectivity index (χ3n) is 2.20. The highest BCUT2D eigenvalue weighted by atomic mass is 15.3. The first-order chi connectivity index (χ1) is 6.68. The largest absolute Gasteiger partial charge is 0.350 e. The van der Waals surface area contributed by atoms with Crippen molar-refractivity contribution in [1.29, 1.82) is 0 Å². The van der Waals surface area contributed by atoms with Crippen molar-refractivity contribution in [3.63, 3.8) is 0 Å². The minimum atomic E-state index is 0.316. The van der Waals surface area contributed by atoms with Crippen molar-refractivity contribution >= 4 is 11.5 Å². The van der Waals surface area contributed by atoms with Crippen LogP contribution in [0.5, 0.6) is 0 Å². The molecule has 0 spiro atoms. The highest BCUT2D eigenvalue weighted by molar-refractivity contribution is 5.70. The first kappa shape index (κ1) is 10.8. The van der Waals surface area contributed by atoms with E-state index in [1.807, 2.05) is 34.0 Å². The van der Waals surface area contributed by atoms with Crippen molar-refractivity contribution in [3.8, 4) is 0 Å². The molecule has 1 atom stereocenters. The van der Waals surface area contributed by atoms with Crippen LogP contribution in [0.15, 0.2) is 6.20 Å². The summed E-state index contributed by atoms with van der Waals surface area (Å²) in [4.78, 5) is 10.6. The van der Waals surface area contributed by atoms with Crippen molar-refractivity contribution in [2.75, 3.05) is 17.3 Å². The summed E-state index contributed by atoms with van der Waals surface area (Å²) in [5.41, 5.74) is 1.08. The van der Waals surface area contributed by atoms with E-state index in [2.05, 4.69) is 27.1 Å². The van der Waals surface area contributed by atoms with Gasteiger partial charge in [0.05, 0.1) is 18.1 Å². The molecule has 2 heterocycles. The molecule has 0 aromatic carbocycles. The lowest BCUT2D eigenvalue weighted by Crippen LogP contribution is -2.28. The highest BCUT2D eigenvalue weighted by Gasteiger charge is 2.23. The quantitative estimate of drug-likeness (QED) is 0.686. The number of nitrogens with one attached hydrogen (secondary N) is 1. The van der Waals surface area contributed by atoms with Gasteiger partial charge in [-0.05, 0) is 13.8 Å². The van der Waals surface area contributed by atoms with Gasteiger partial charge in [0, 0.05) is 7.05 Å². The van der Waals surface area contributed by atoms with Crippen LogP contribution in [0.2, 0.25) is 0 Å². The Hall–Kier alpha value is -1.32. The molecule has 0 fully saturated rings. The maximum absolute atomic E-state index is 4.29. The summed E-state index contributed by atoms with van der Waals surface area (Å²) < 4.78 is 0. The summed E-state index contributed by atoms with van der Waals surface area (Å²) >= 11 is 0. The van der Waals surface area contributed by atoms with E-state index < -0.39 is 0 Å². The Morgan fingerprint density at radius 1 is 1.43 bits per heavy atom. The Labute approximate surface area is 85.4 Å². The number of fused-ring (bicyclic) bond motifs is 1. The van der Waals surface area contributed by atoms with Crippen molar-refractivity contribution in [2.24, 2.45) is 0 Å². The Kier molecular flexibility index (Phi) is 3.28. The van der Waals surface area contributed by atoms with Gasteiger partial charge < -0.3 is 10.2 Å². The Bertz CT molecular complexity index is 311. The monoisotopic (exact) mass is 194 g/mol. The first-order valence-electron chi connectivity index (χ1n) is 5.01. The summed E-state index contributed by atoms with van der Waals surface area (Å²) in [7, 11) is 2.03. The molecule has 4 nitrogen and oxygen atoms in total. The second kappa shape index (κ2) is 4.26. The maximum Gasteiger partial charge on any atom is 0.155 e. The number of nitrogens with zero attached hydrogens (tertiary/aromatic N) is 3. The third kappa shape index (κ3) is 1.78. The topological polar surface area (TPSA) is 41.1 Å². The molecule has 1 aliphatic rings. The first-order valence-corrected chi connectivity index (χ1v) is 5.01. The normalized spacial score (nSPS) is 18.1. The van der Waals surface area contributed by atoms with Crippen LogP contribution < -0.4 is 10.2 Å². The van der Waals surface area contributed by atoms with Gasteiger partial charge in [0.15, 0.2) is 5.82 Å². The molecule has 78 valence electrons. The molecule has 1 unspecified atom stereocenters. The minimum absolute atomic E-state index is 0.316. The van der Waals surface area contributed by atoms with E-state index in [4.69, 9.17) is 0 Å². The fraction of sp³-hybridized carbons (Fsp3) is 0.600. The molecule has 0 radical (unpaired) electrons. The second-order valence-electron chi connectivity index (χ2n) is 3.08. The second-order valence-corrected chi connectivity index (χ2v) is 3.08. The van der Waals surface area contributed by atoms with Crippen LogP contribution in [0.4, 0.5) is 11.5 Å². The molecule has 0 saturated carbocycles. The SMILES string of the molecule is CC.Cc1ncc2c(n1)NC(C)N2C. The molecule has 4 heteroatoms. The Morgan fingerprint density at radius 3 is 2.71 bits per heavy atom. The lowest BCUT2D eigenvalue weighted by atomic mass is 10.4. The number of aromatic nitrogens is 2. The lowest BCUT2D eigenvalue weighted by molar-refractivity contribution is 0.805. The molecule has 1 N–H and O–H groups in total. The fourth-order valence-corrected chi connectivity index (χ4v) is 1.33. The average Bonchev–Trinajstić information content (AvgIpc) is 2.45. The van der Waals surface area contributed by atoms with E-state index >= 15 is 0 Å². The van der Waals surface area contributed by atoms with Gasteiger partial charge in [0.2, 0.25) is 0 Å². The standard InChI is InChI=1S/C8H12N4.C2H6/c1-5-9-4-7-8(10-5)11-6(2)12(7)3;1-2/h4,6H,1-3H3,(H,9,10,11);1-2H3. The molecule has 1 aromatic heterocycles. The molecule has 1 aliphatic heterocycles. The van der Waals surface area contributed by atoms with E-state index in [0.29, 0.717) is 6.17 Å². The zero-order chi connectivity index (χ0) is 10.7. The predicted octanol–water partition coefficient (Wildman–Crippen LogP) is 2.02. The zero-order valence-electron chi connectivity index (χ0n) is 9.50. The molecule has 0 amide bonds. The van der Waals surface area contributed by atoms with Gasteiger partial charge in [-0.2, -0.15) is 0 Å². The molecule has 14 heavy (non-hydrogen) atoms. The Morgan fingerprint density at radius 2 is 2.07 bits per heavy atom.